The molecule has 4 aliphatic rings. The molecule has 2 unspecified atom stereocenters. The summed E-state index contributed by atoms with van der Waals surface area (Å²) in [6.45, 7) is -0.968. The van der Waals surface area contributed by atoms with Gasteiger partial charge in [0.15, 0.2) is 18.1 Å². The van der Waals surface area contributed by atoms with Crippen LogP contribution >= 0.6 is 0 Å². The Hall–Kier alpha value is -3.10. The van der Waals surface area contributed by atoms with E-state index in [0.29, 0.717) is 30.0 Å². The van der Waals surface area contributed by atoms with Gasteiger partial charge in [-0.15, -0.1) is 0 Å². The van der Waals surface area contributed by atoms with Crippen LogP contribution < -0.4 is 14.8 Å². The number of carbonyl (C=O) groups excluding carboxylic acids is 4. The second-order valence-electron chi connectivity index (χ2n) is 9.31. The fraction of sp³-hybridized carbons (Fsp3) is 0.583. The molecule has 1 spiro atoms. The first kappa shape index (κ1) is 21.7. The van der Waals surface area contributed by atoms with E-state index in [9.17, 15) is 19.2 Å². The molecule has 0 bridgehead atoms. The van der Waals surface area contributed by atoms with Crippen molar-refractivity contribution in [3.05, 3.63) is 18.2 Å². The summed E-state index contributed by atoms with van der Waals surface area (Å²) in [4.78, 5) is 50.4. The van der Waals surface area contributed by atoms with E-state index in [0.717, 1.165) is 43.4 Å². The number of amides is 3. The number of hydrogen-bond donors (Lipinski definition) is 1. The Labute approximate surface area is 191 Å². The number of benzene rings is 1. The topological polar surface area (TPSA) is 111 Å². The van der Waals surface area contributed by atoms with E-state index in [-0.39, 0.29) is 23.7 Å². The van der Waals surface area contributed by atoms with Crippen LogP contribution in [0, 0.1) is 11.8 Å². The molecule has 176 valence electrons. The van der Waals surface area contributed by atoms with Gasteiger partial charge in [-0.3, -0.25) is 24.1 Å². The number of nitrogens with zero attached hydrogens (tertiary/aromatic N) is 1. The molecule has 2 aliphatic carbocycles. The zero-order valence-electron chi connectivity index (χ0n) is 18.5. The molecule has 3 fully saturated rings. The number of nitrogens with one attached hydrogen (secondary N) is 1. The zero-order valence-corrected chi connectivity index (χ0v) is 18.5. The molecule has 2 atom stereocenters. The molecule has 2 heterocycles. The molecule has 2 aliphatic heterocycles. The fourth-order valence-corrected chi connectivity index (χ4v) is 5.37. The van der Waals surface area contributed by atoms with E-state index in [1.165, 1.54) is 6.42 Å². The van der Waals surface area contributed by atoms with Crippen molar-refractivity contribution in [2.45, 2.75) is 63.6 Å². The number of imide groups is 1. The minimum absolute atomic E-state index is 0.304. The highest BCUT2D eigenvalue weighted by Gasteiger charge is 2.48. The Bertz CT molecular complexity index is 961. The third kappa shape index (κ3) is 4.28. The Kier molecular flexibility index (Phi) is 5.72. The van der Waals surface area contributed by atoms with E-state index in [1.807, 2.05) is 0 Å². The Balaban J connectivity index is 1.11. The number of anilines is 1. The number of esters is 1. The molecule has 5 rings (SSSR count). The third-order valence-electron chi connectivity index (χ3n) is 7.02. The molecule has 9 nitrogen and oxygen atoms in total. The largest absolute Gasteiger partial charge is 0.454 e. The second kappa shape index (κ2) is 8.68. The SMILES string of the molecule is O=C(COC(=O)CN1C(=O)C2CCCCC2C1=O)Nc1ccc2c(c1)OC1(CCCCC1)O2. The van der Waals surface area contributed by atoms with Crippen LogP contribution in [-0.4, -0.2) is 47.5 Å². The smallest absolute Gasteiger partial charge is 0.326 e. The maximum Gasteiger partial charge on any atom is 0.326 e. The highest BCUT2D eigenvalue weighted by Crippen LogP contribution is 2.46. The highest BCUT2D eigenvalue weighted by molar-refractivity contribution is 6.07. The van der Waals surface area contributed by atoms with Crippen molar-refractivity contribution in [3.8, 4) is 11.5 Å². The van der Waals surface area contributed by atoms with Gasteiger partial charge >= 0.3 is 5.97 Å². The van der Waals surface area contributed by atoms with Crippen LogP contribution in [0.1, 0.15) is 57.8 Å². The van der Waals surface area contributed by atoms with Crippen molar-refractivity contribution in [3.63, 3.8) is 0 Å². The number of ether oxygens (including phenoxy) is 3. The molecular weight excluding hydrogens is 428 g/mol. The van der Waals surface area contributed by atoms with Crippen LogP contribution in [0.2, 0.25) is 0 Å². The molecule has 0 aromatic heterocycles. The normalized spacial score (nSPS) is 25.2. The van der Waals surface area contributed by atoms with Gasteiger partial charge < -0.3 is 19.5 Å². The van der Waals surface area contributed by atoms with Crippen molar-refractivity contribution in [2.75, 3.05) is 18.5 Å². The minimum atomic E-state index is -0.782. The quantitative estimate of drug-likeness (QED) is 0.536. The van der Waals surface area contributed by atoms with Gasteiger partial charge in [-0.1, -0.05) is 19.3 Å². The van der Waals surface area contributed by atoms with Crippen LogP contribution in [0.5, 0.6) is 11.5 Å². The van der Waals surface area contributed by atoms with Crippen LogP contribution in [-0.2, 0) is 23.9 Å². The number of rotatable bonds is 5. The van der Waals surface area contributed by atoms with Crippen LogP contribution in [0.4, 0.5) is 5.69 Å². The molecule has 33 heavy (non-hydrogen) atoms. The van der Waals surface area contributed by atoms with Gasteiger partial charge in [-0.25, -0.2) is 0 Å². The van der Waals surface area contributed by atoms with Gasteiger partial charge in [-0.2, -0.15) is 0 Å². The maximum absolute atomic E-state index is 12.5. The van der Waals surface area contributed by atoms with E-state index >= 15 is 0 Å². The molecule has 1 aromatic carbocycles. The summed E-state index contributed by atoms with van der Waals surface area (Å²) in [5, 5.41) is 2.67. The zero-order chi connectivity index (χ0) is 23.0. The predicted molar refractivity (Wildman–Crippen MR) is 115 cm³/mol. The second-order valence-corrected chi connectivity index (χ2v) is 9.31. The summed E-state index contributed by atoms with van der Waals surface area (Å²) in [6.07, 6.45) is 8.15. The van der Waals surface area contributed by atoms with Crippen molar-refractivity contribution in [1.82, 2.24) is 4.90 Å². The lowest BCUT2D eigenvalue weighted by molar-refractivity contribution is -0.154. The average Bonchev–Trinajstić information content (AvgIpc) is 3.28. The van der Waals surface area contributed by atoms with Gasteiger partial charge in [0.25, 0.3) is 11.7 Å². The van der Waals surface area contributed by atoms with E-state index in [4.69, 9.17) is 14.2 Å². The average molecular weight is 456 g/mol. The van der Waals surface area contributed by atoms with Gasteiger partial charge in [0, 0.05) is 24.6 Å². The first-order chi connectivity index (χ1) is 15.9. The van der Waals surface area contributed by atoms with Gasteiger partial charge in [0.1, 0.15) is 6.54 Å². The summed E-state index contributed by atoms with van der Waals surface area (Å²) in [5.41, 5.74) is 0.500. The van der Waals surface area contributed by atoms with Gasteiger partial charge in [0.2, 0.25) is 11.8 Å². The lowest BCUT2D eigenvalue weighted by Crippen LogP contribution is -2.40. The molecule has 0 radical (unpaired) electrons. The van der Waals surface area contributed by atoms with Crippen molar-refractivity contribution >= 4 is 29.4 Å². The number of likely N-dealkylation sites (tertiary alicyclic amines) is 1. The summed E-state index contributed by atoms with van der Waals surface area (Å²) in [7, 11) is 0. The highest BCUT2D eigenvalue weighted by atomic mass is 16.7. The molecule has 3 amide bonds. The lowest BCUT2D eigenvalue weighted by atomic mass is 9.81. The van der Waals surface area contributed by atoms with Gasteiger partial charge in [-0.05, 0) is 37.8 Å². The molecule has 1 aromatic rings. The molecule has 2 saturated carbocycles. The summed E-state index contributed by atoms with van der Waals surface area (Å²) in [5.74, 6) is -1.91. The van der Waals surface area contributed by atoms with Crippen molar-refractivity contribution < 1.29 is 33.4 Å². The minimum Gasteiger partial charge on any atom is -0.454 e. The Morgan fingerprint density at radius 2 is 1.64 bits per heavy atom. The third-order valence-corrected chi connectivity index (χ3v) is 7.02. The van der Waals surface area contributed by atoms with E-state index in [1.54, 1.807) is 18.2 Å². The van der Waals surface area contributed by atoms with Gasteiger partial charge in [0.05, 0.1) is 11.8 Å². The number of carbonyl (C=O) groups is 4. The lowest BCUT2D eigenvalue weighted by Gasteiger charge is -2.31. The predicted octanol–water partition coefficient (Wildman–Crippen LogP) is 2.78. The summed E-state index contributed by atoms with van der Waals surface area (Å²) < 4.78 is 17.1. The number of hydrogen-bond acceptors (Lipinski definition) is 7. The van der Waals surface area contributed by atoms with E-state index in [2.05, 4.69) is 5.32 Å². The first-order valence-corrected chi connectivity index (χ1v) is 11.8. The van der Waals surface area contributed by atoms with Crippen LogP contribution in [0.3, 0.4) is 0 Å². The number of fused-ring (bicyclic) bond motifs is 2. The van der Waals surface area contributed by atoms with Crippen LogP contribution in [0.15, 0.2) is 18.2 Å². The Morgan fingerprint density at radius 1 is 0.970 bits per heavy atom. The van der Waals surface area contributed by atoms with E-state index < -0.39 is 30.8 Å². The summed E-state index contributed by atoms with van der Waals surface area (Å²) >= 11 is 0. The van der Waals surface area contributed by atoms with Crippen LogP contribution in [0.25, 0.3) is 0 Å². The molecule has 9 heteroatoms. The standard InChI is InChI=1S/C24H28N2O7/c27-20(14-31-21(28)13-26-22(29)16-6-2-3-7-17(16)23(26)30)25-15-8-9-18-19(12-15)33-24(32-18)10-4-1-5-11-24/h8-9,12,16-17H,1-7,10-11,13-14H2,(H,25,27). The van der Waals surface area contributed by atoms with Crippen molar-refractivity contribution in [1.29, 1.82) is 0 Å². The fourth-order valence-electron chi connectivity index (χ4n) is 5.37. The summed E-state index contributed by atoms with van der Waals surface area (Å²) in [6, 6.07) is 5.15. The van der Waals surface area contributed by atoms with Crippen molar-refractivity contribution in [2.24, 2.45) is 11.8 Å². The molecule has 1 N–H and O–H groups in total. The molecular formula is C24H28N2O7. The monoisotopic (exact) mass is 456 g/mol. The molecule has 1 saturated heterocycles. The first-order valence-electron chi connectivity index (χ1n) is 11.8. The Morgan fingerprint density at radius 3 is 2.33 bits per heavy atom. The maximum atomic E-state index is 12.5.